The van der Waals surface area contributed by atoms with Crippen molar-refractivity contribution < 1.29 is 4.79 Å². The zero-order valence-electron chi connectivity index (χ0n) is 6.34. The van der Waals surface area contributed by atoms with E-state index in [0.717, 1.165) is 6.42 Å². The lowest BCUT2D eigenvalue weighted by atomic mass is 10.0. The van der Waals surface area contributed by atoms with Gasteiger partial charge in [-0.15, -0.1) is 0 Å². The fourth-order valence-corrected chi connectivity index (χ4v) is 2.32. The van der Waals surface area contributed by atoms with Gasteiger partial charge in [0, 0.05) is 19.5 Å². The normalized spacial score (nSPS) is 38.9. The lowest BCUT2D eigenvalue weighted by molar-refractivity contribution is -0.127. The molecule has 56 valence electrons. The monoisotopic (exact) mass is 139 g/mol. The van der Waals surface area contributed by atoms with Gasteiger partial charge in [-0.25, -0.2) is 0 Å². The highest BCUT2D eigenvalue weighted by molar-refractivity contribution is 5.79. The van der Waals surface area contributed by atoms with E-state index in [-0.39, 0.29) is 0 Å². The highest BCUT2D eigenvalue weighted by atomic mass is 16.2. The van der Waals surface area contributed by atoms with Gasteiger partial charge in [0.2, 0.25) is 5.91 Å². The minimum atomic E-state index is 0.356. The molecule has 1 saturated heterocycles. The molecule has 0 unspecified atom stereocenters. The van der Waals surface area contributed by atoms with Crippen LogP contribution in [0.25, 0.3) is 0 Å². The first kappa shape index (κ1) is 6.20. The summed E-state index contributed by atoms with van der Waals surface area (Å²) in [6.45, 7) is 0. The maximum Gasteiger partial charge on any atom is 0.222 e. The lowest BCUT2D eigenvalue weighted by Gasteiger charge is -2.17. The lowest BCUT2D eigenvalue weighted by Crippen LogP contribution is -2.28. The fraction of sp³-hybridized carbons (Fsp3) is 0.875. The highest BCUT2D eigenvalue weighted by Gasteiger charge is 2.39. The van der Waals surface area contributed by atoms with Crippen LogP contribution in [0.4, 0.5) is 0 Å². The summed E-state index contributed by atoms with van der Waals surface area (Å²) in [6, 6.07) is 0.604. The van der Waals surface area contributed by atoms with Crippen molar-refractivity contribution in [3.63, 3.8) is 0 Å². The van der Waals surface area contributed by atoms with Gasteiger partial charge in [-0.1, -0.05) is 6.42 Å². The summed E-state index contributed by atoms with van der Waals surface area (Å²) in [6.07, 6.45) is 4.67. The molecule has 0 aromatic heterocycles. The van der Waals surface area contributed by atoms with E-state index in [1.165, 1.54) is 19.3 Å². The van der Waals surface area contributed by atoms with Gasteiger partial charge in [-0.2, -0.15) is 0 Å². The molecule has 0 spiro atoms. The van der Waals surface area contributed by atoms with Gasteiger partial charge in [-0.05, 0) is 18.8 Å². The molecule has 10 heavy (non-hydrogen) atoms. The second kappa shape index (κ2) is 1.97. The molecule has 2 rings (SSSR count). The average Bonchev–Trinajstić information content (AvgIpc) is 2.41. The van der Waals surface area contributed by atoms with E-state index in [4.69, 9.17) is 0 Å². The molecule has 2 fully saturated rings. The molecule has 1 saturated carbocycles. The molecule has 1 amide bonds. The largest absolute Gasteiger partial charge is 0.342 e. The third-order valence-corrected chi connectivity index (χ3v) is 2.95. The van der Waals surface area contributed by atoms with Crippen LogP contribution >= 0.6 is 0 Å². The Hall–Kier alpha value is -0.530. The summed E-state index contributed by atoms with van der Waals surface area (Å²) in [4.78, 5) is 13.1. The van der Waals surface area contributed by atoms with Crippen LogP contribution in [0.5, 0.6) is 0 Å². The molecule has 2 nitrogen and oxygen atoms in total. The number of likely N-dealkylation sites (tertiary alicyclic amines) is 1. The zero-order valence-corrected chi connectivity index (χ0v) is 6.34. The number of fused-ring (bicyclic) bond motifs is 1. The molecule has 0 aromatic carbocycles. The number of carbonyl (C=O) groups is 1. The minimum Gasteiger partial charge on any atom is -0.342 e. The number of hydrogen-bond donors (Lipinski definition) is 0. The van der Waals surface area contributed by atoms with Crippen molar-refractivity contribution in [3.8, 4) is 0 Å². The Morgan fingerprint density at radius 3 is 3.00 bits per heavy atom. The summed E-state index contributed by atoms with van der Waals surface area (Å²) < 4.78 is 0. The zero-order chi connectivity index (χ0) is 7.14. The number of carbonyl (C=O) groups excluding carboxylic acids is 1. The number of hydrogen-bond acceptors (Lipinski definition) is 1. The molecule has 1 heterocycles. The van der Waals surface area contributed by atoms with Crippen molar-refractivity contribution in [2.75, 3.05) is 7.05 Å². The maximum absolute atomic E-state index is 11.1. The molecule has 0 aromatic rings. The molecule has 2 aliphatic rings. The van der Waals surface area contributed by atoms with E-state index >= 15 is 0 Å². The first-order valence-corrected chi connectivity index (χ1v) is 4.04. The Morgan fingerprint density at radius 1 is 1.50 bits per heavy atom. The van der Waals surface area contributed by atoms with Crippen molar-refractivity contribution in [1.29, 1.82) is 0 Å². The third kappa shape index (κ3) is 0.678. The summed E-state index contributed by atoms with van der Waals surface area (Å²) in [5.74, 6) is 1.06. The number of nitrogens with zero attached hydrogens (tertiary/aromatic N) is 1. The number of rotatable bonds is 0. The second-order valence-corrected chi connectivity index (χ2v) is 3.47. The van der Waals surface area contributed by atoms with E-state index in [1.54, 1.807) is 0 Å². The first-order chi connectivity index (χ1) is 4.79. The molecule has 1 aliphatic heterocycles. The molecule has 0 bridgehead atoms. The minimum absolute atomic E-state index is 0.356. The van der Waals surface area contributed by atoms with Crippen molar-refractivity contribution in [2.45, 2.75) is 31.7 Å². The van der Waals surface area contributed by atoms with Gasteiger partial charge in [0.1, 0.15) is 0 Å². The van der Waals surface area contributed by atoms with Crippen LogP contribution in [-0.2, 0) is 4.79 Å². The maximum atomic E-state index is 11.1. The van der Waals surface area contributed by atoms with Gasteiger partial charge in [0.15, 0.2) is 0 Å². The Balaban J connectivity index is 2.16. The molecule has 0 radical (unpaired) electrons. The SMILES string of the molecule is CN1C(=O)C[C@H]2CCC[C@H]21. The van der Waals surface area contributed by atoms with Crippen molar-refractivity contribution in [1.82, 2.24) is 4.90 Å². The van der Waals surface area contributed by atoms with Crippen molar-refractivity contribution >= 4 is 5.91 Å². The van der Waals surface area contributed by atoms with Gasteiger partial charge < -0.3 is 4.90 Å². The van der Waals surface area contributed by atoms with Gasteiger partial charge in [0.05, 0.1) is 0 Å². The number of amides is 1. The molecular weight excluding hydrogens is 126 g/mol. The van der Waals surface area contributed by atoms with Crippen LogP contribution < -0.4 is 0 Å². The predicted molar refractivity (Wildman–Crippen MR) is 38.5 cm³/mol. The fourth-order valence-electron chi connectivity index (χ4n) is 2.32. The summed E-state index contributed by atoms with van der Waals surface area (Å²) >= 11 is 0. The van der Waals surface area contributed by atoms with E-state index in [2.05, 4.69) is 0 Å². The summed E-state index contributed by atoms with van der Waals surface area (Å²) in [5.41, 5.74) is 0. The smallest absolute Gasteiger partial charge is 0.222 e. The quantitative estimate of drug-likeness (QED) is 0.490. The average molecular weight is 139 g/mol. The van der Waals surface area contributed by atoms with E-state index < -0.39 is 0 Å². The Kier molecular flexibility index (Phi) is 1.22. The Morgan fingerprint density at radius 2 is 2.30 bits per heavy atom. The summed E-state index contributed by atoms with van der Waals surface area (Å²) in [7, 11) is 1.94. The molecule has 2 heteroatoms. The molecule has 1 aliphatic carbocycles. The van der Waals surface area contributed by atoms with Crippen molar-refractivity contribution in [2.24, 2.45) is 5.92 Å². The summed E-state index contributed by atoms with van der Waals surface area (Å²) in [5, 5.41) is 0. The van der Waals surface area contributed by atoms with E-state index in [9.17, 15) is 4.79 Å². The highest BCUT2D eigenvalue weighted by Crippen LogP contribution is 2.37. The van der Waals surface area contributed by atoms with Crippen LogP contribution in [0, 0.1) is 5.92 Å². The standard InChI is InChI=1S/C8H13NO/c1-9-7-4-2-3-6(7)5-8(9)10/h6-7H,2-5H2,1H3/t6-,7-/m1/s1. The van der Waals surface area contributed by atoms with Gasteiger partial charge >= 0.3 is 0 Å². The predicted octanol–water partition coefficient (Wildman–Crippen LogP) is 1.02. The van der Waals surface area contributed by atoms with Crippen molar-refractivity contribution in [3.05, 3.63) is 0 Å². The van der Waals surface area contributed by atoms with Crippen LogP contribution in [0.15, 0.2) is 0 Å². The van der Waals surface area contributed by atoms with E-state index in [0.29, 0.717) is 17.9 Å². The van der Waals surface area contributed by atoms with Crippen LogP contribution in [0.3, 0.4) is 0 Å². The van der Waals surface area contributed by atoms with Crippen LogP contribution in [0.1, 0.15) is 25.7 Å². The molecule has 0 N–H and O–H groups in total. The topological polar surface area (TPSA) is 20.3 Å². The Bertz CT molecular complexity index is 167. The molecular formula is C8H13NO. The third-order valence-electron chi connectivity index (χ3n) is 2.95. The van der Waals surface area contributed by atoms with E-state index in [1.807, 2.05) is 11.9 Å². The van der Waals surface area contributed by atoms with Crippen LogP contribution in [0.2, 0.25) is 0 Å². The Labute approximate surface area is 61.2 Å². The van der Waals surface area contributed by atoms with Gasteiger partial charge in [0.25, 0.3) is 0 Å². The second-order valence-electron chi connectivity index (χ2n) is 3.47. The van der Waals surface area contributed by atoms with Gasteiger partial charge in [-0.3, -0.25) is 4.79 Å². The van der Waals surface area contributed by atoms with Crippen LogP contribution in [-0.4, -0.2) is 23.9 Å². The first-order valence-electron chi connectivity index (χ1n) is 4.04. The molecule has 2 atom stereocenters.